The van der Waals surface area contributed by atoms with E-state index in [2.05, 4.69) is 37.0 Å². The van der Waals surface area contributed by atoms with Gasteiger partial charge in [-0.05, 0) is 37.2 Å². The van der Waals surface area contributed by atoms with Gasteiger partial charge in [-0.1, -0.05) is 6.07 Å². The van der Waals surface area contributed by atoms with Crippen LogP contribution in [0.2, 0.25) is 0 Å². The standard InChI is InChI=1S/C24H25F2N7/c1-14-7-15(11-27)8-20(26)22(14)17-9-18-21(10-19(17)25)30-31-23(18)16-12-28-24(29-13-16)33-5-3-32(2)4-6-33/h7-10,12-13H,3-6,11,27H2,1-2H3,(H,30,31). The lowest BCUT2D eigenvalue weighted by molar-refractivity contribution is 0.311. The van der Waals surface area contributed by atoms with Crippen molar-refractivity contribution < 1.29 is 8.78 Å². The first-order valence-corrected chi connectivity index (χ1v) is 10.9. The van der Waals surface area contributed by atoms with E-state index in [0.29, 0.717) is 39.2 Å². The second-order valence-corrected chi connectivity index (χ2v) is 8.49. The largest absolute Gasteiger partial charge is 0.338 e. The third kappa shape index (κ3) is 3.94. The SMILES string of the molecule is Cc1cc(CN)cc(F)c1-c1cc2c(-c3cnc(N4CCN(C)CC4)nc3)n[nH]c2cc1F. The van der Waals surface area contributed by atoms with Crippen LogP contribution in [0, 0.1) is 18.6 Å². The molecule has 1 saturated heterocycles. The molecule has 4 aromatic rings. The number of benzene rings is 2. The Morgan fingerprint density at radius 2 is 1.73 bits per heavy atom. The summed E-state index contributed by atoms with van der Waals surface area (Å²) in [5.41, 5.74) is 9.15. The average Bonchev–Trinajstić information content (AvgIpc) is 3.22. The van der Waals surface area contributed by atoms with Crippen LogP contribution in [0.5, 0.6) is 0 Å². The van der Waals surface area contributed by atoms with Crippen LogP contribution in [0.4, 0.5) is 14.7 Å². The summed E-state index contributed by atoms with van der Waals surface area (Å²) < 4.78 is 29.9. The summed E-state index contributed by atoms with van der Waals surface area (Å²) in [5, 5.41) is 7.90. The smallest absolute Gasteiger partial charge is 0.225 e. The molecular weight excluding hydrogens is 424 g/mol. The maximum Gasteiger partial charge on any atom is 0.225 e. The number of aromatic amines is 1. The molecule has 7 nitrogen and oxygen atoms in total. The van der Waals surface area contributed by atoms with E-state index in [1.165, 1.54) is 12.1 Å². The Hall–Kier alpha value is -3.43. The summed E-state index contributed by atoms with van der Waals surface area (Å²) in [4.78, 5) is 13.5. The van der Waals surface area contributed by atoms with E-state index in [1.54, 1.807) is 31.5 Å². The molecule has 33 heavy (non-hydrogen) atoms. The molecule has 1 aliphatic heterocycles. The molecule has 0 radical (unpaired) electrons. The zero-order valence-electron chi connectivity index (χ0n) is 18.6. The highest BCUT2D eigenvalue weighted by atomic mass is 19.1. The van der Waals surface area contributed by atoms with Crippen molar-refractivity contribution in [3.05, 3.63) is 59.4 Å². The number of nitrogens with zero attached hydrogens (tertiary/aromatic N) is 5. The number of aromatic nitrogens is 4. The third-order valence-corrected chi connectivity index (χ3v) is 6.20. The lowest BCUT2D eigenvalue weighted by Gasteiger charge is -2.32. The molecule has 170 valence electrons. The Kier molecular flexibility index (Phi) is 5.51. The molecule has 3 N–H and O–H groups in total. The van der Waals surface area contributed by atoms with Gasteiger partial charge in [0.1, 0.15) is 17.3 Å². The summed E-state index contributed by atoms with van der Waals surface area (Å²) in [6.07, 6.45) is 3.45. The van der Waals surface area contributed by atoms with Gasteiger partial charge in [-0.2, -0.15) is 5.10 Å². The topological polar surface area (TPSA) is 87.0 Å². The second-order valence-electron chi connectivity index (χ2n) is 8.49. The summed E-state index contributed by atoms with van der Waals surface area (Å²) in [6.45, 7) is 5.64. The summed E-state index contributed by atoms with van der Waals surface area (Å²) in [7, 11) is 2.10. The Bertz CT molecular complexity index is 1290. The normalized spacial score (nSPS) is 14.9. The van der Waals surface area contributed by atoms with Crippen LogP contribution < -0.4 is 10.6 Å². The number of H-pyrrole nitrogens is 1. The van der Waals surface area contributed by atoms with Gasteiger partial charge < -0.3 is 15.5 Å². The van der Waals surface area contributed by atoms with Crippen LogP contribution in [-0.4, -0.2) is 58.3 Å². The van der Waals surface area contributed by atoms with Crippen LogP contribution in [0.15, 0.2) is 36.7 Å². The van der Waals surface area contributed by atoms with Crippen molar-refractivity contribution in [3.8, 4) is 22.4 Å². The summed E-state index contributed by atoms with van der Waals surface area (Å²) >= 11 is 0. The molecule has 2 aromatic heterocycles. The first-order chi connectivity index (χ1) is 15.9. The summed E-state index contributed by atoms with van der Waals surface area (Å²) in [5.74, 6) is -0.350. The van der Waals surface area contributed by atoms with E-state index in [9.17, 15) is 8.78 Å². The monoisotopic (exact) mass is 449 g/mol. The van der Waals surface area contributed by atoms with Gasteiger partial charge in [0, 0.05) is 73.3 Å². The molecule has 0 bridgehead atoms. The molecule has 2 aromatic carbocycles. The van der Waals surface area contributed by atoms with Crippen molar-refractivity contribution in [1.29, 1.82) is 0 Å². The number of anilines is 1. The molecule has 0 amide bonds. The number of halogens is 2. The molecule has 0 unspecified atom stereocenters. The lowest BCUT2D eigenvalue weighted by atomic mass is 9.95. The molecular formula is C24H25F2N7. The van der Waals surface area contributed by atoms with Crippen LogP contribution >= 0.6 is 0 Å². The van der Waals surface area contributed by atoms with Crippen molar-refractivity contribution in [2.45, 2.75) is 13.5 Å². The Morgan fingerprint density at radius 3 is 2.39 bits per heavy atom. The first kappa shape index (κ1) is 21.4. The fraction of sp³-hybridized carbons (Fsp3) is 0.292. The minimum absolute atomic E-state index is 0.179. The molecule has 5 rings (SSSR count). The number of rotatable bonds is 4. The van der Waals surface area contributed by atoms with Crippen molar-refractivity contribution in [3.63, 3.8) is 0 Å². The van der Waals surface area contributed by atoms with Gasteiger partial charge in [0.15, 0.2) is 0 Å². The van der Waals surface area contributed by atoms with Crippen LogP contribution in [0.3, 0.4) is 0 Å². The number of hydrogen-bond acceptors (Lipinski definition) is 6. The third-order valence-electron chi connectivity index (χ3n) is 6.20. The number of hydrogen-bond donors (Lipinski definition) is 2. The van der Waals surface area contributed by atoms with E-state index in [-0.39, 0.29) is 17.7 Å². The van der Waals surface area contributed by atoms with Gasteiger partial charge in [-0.3, -0.25) is 5.10 Å². The van der Waals surface area contributed by atoms with Crippen LogP contribution in [-0.2, 0) is 6.54 Å². The van der Waals surface area contributed by atoms with Gasteiger partial charge in [-0.25, -0.2) is 18.7 Å². The van der Waals surface area contributed by atoms with Crippen LogP contribution in [0.1, 0.15) is 11.1 Å². The van der Waals surface area contributed by atoms with E-state index in [1.807, 2.05) is 0 Å². The van der Waals surface area contributed by atoms with Crippen LogP contribution in [0.25, 0.3) is 33.3 Å². The zero-order chi connectivity index (χ0) is 23.1. The Labute approximate surface area is 190 Å². The number of likely N-dealkylation sites (N-methyl/N-ethyl adjacent to an activating group) is 1. The highest BCUT2D eigenvalue weighted by Gasteiger charge is 2.20. The average molecular weight is 450 g/mol. The van der Waals surface area contributed by atoms with Gasteiger partial charge in [0.2, 0.25) is 5.95 Å². The zero-order valence-corrected chi connectivity index (χ0v) is 18.6. The minimum atomic E-state index is -0.526. The molecule has 0 spiro atoms. The lowest BCUT2D eigenvalue weighted by Crippen LogP contribution is -2.45. The fourth-order valence-corrected chi connectivity index (χ4v) is 4.34. The Morgan fingerprint density at radius 1 is 1.00 bits per heavy atom. The number of fused-ring (bicyclic) bond motifs is 1. The van der Waals surface area contributed by atoms with E-state index in [0.717, 1.165) is 26.2 Å². The number of piperazine rings is 1. The molecule has 1 fully saturated rings. The fourth-order valence-electron chi connectivity index (χ4n) is 4.34. The molecule has 0 atom stereocenters. The van der Waals surface area contributed by atoms with E-state index in [4.69, 9.17) is 5.73 Å². The minimum Gasteiger partial charge on any atom is -0.338 e. The highest BCUT2D eigenvalue weighted by molar-refractivity contribution is 5.96. The molecule has 1 aliphatic rings. The van der Waals surface area contributed by atoms with Crippen molar-refractivity contribution in [2.24, 2.45) is 5.73 Å². The first-order valence-electron chi connectivity index (χ1n) is 10.9. The molecule has 3 heterocycles. The van der Waals surface area contributed by atoms with Crippen molar-refractivity contribution >= 4 is 16.9 Å². The molecule has 9 heteroatoms. The van der Waals surface area contributed by atoms with Gasteiger partial charge in [-0.15, -0.1) is 0 Å². The number of aryl methyl sites for hydroxylation is 1. The number of nitrogens with two attached hydrogens (primary N) is 1. The van der Waals surface area contributed by atoms with Gasteiger partial charge in [0.05, 0.1) is 5.52 Å². The number of nitrogens with one attached hydrogen (secondary N) is 1. The maximum atomic E-state index is 15.0. The molecule has 0 saturated carbocycles. The van der Waals surface area contributed by atoms with E-state index >= 15 is 0 Å². The maximum absolute atomic E-state index is 15.0. The second kappa shape index (κ2) is 8.49. The molecule has 0 aliphatic carbocycles. The van der Waals surface area contributed by atoms with Gasteiger partial charge in [0.25, 0.3) is 0 Å². The van der Waals surface area contributed by atoms with Crippen molar-refractivity contribution in [1.82, 2.24) is 25.1 Å². The van der Waals surface area contributed by atoms with E-state index < -0.39 is 11.6 Å². The Balaban J connectivity index is 1.53. The highest BCUT2D eigenvalue weighted by Crippen LogP contribution is 2.35. The quantitative estimate of drug-likeness (QED) is 0.496. The van der Waals surface area contributed by atoms with Crippen molar-refractivity contribution in [2.75, 3.05) is 38.1 Å². The predicted octanol–water partition coefficient (Wildman–Crippen LogP) is 3.48. The van der Waals surface area contributed by atoms with Gasteiger partial charge >= 0.3 is 0 Å². The predicted molar refractivity (Wildman–Crippen MR) is 125 cm³/mol. The summed E-state index contributed by atoms with van der Waals surface area (Å²) in [6, 6.07) is 6.11.